The van der Waals surface area contributed by atoms with Gasteiger partial charge < -0.3 is 35.8 Å². The molecule has 29 heavy (non-hydrogen) atoms. The number of nitrogens with one attached hydrogen (secondary N) is 1. The molecule has 5 atom stereocenters. The first kappa shape index (κ1) is 22.0. The number of imidazole rings is 1. The Bertz CT molecular complexity index is 939. The van der Waals surface area contributed by atoms with Gasteiger partial charge in [0, 0.05) is 5.75 Å². The number of anilines is 1. The number of phosphoric acid groups is 1. The molecule has 1 amide bonds. The highest BCUT2D eigenvalue weighted by Gasteiger charge is 2.45. The summed E-state index contributed by atoms with van der Waals surface area (Å²) in [5, 5.41) is 22.9. The summed E-state index contributed by atoms with van der Waals surface area (Å²) in [5.41, 5.74) is 5.96. The fourth-order valence-electron chi connectivity index (χ4n) is 2.69. The summed E-state index contributed by atoms with van der Waals surface area (Å²) in [6.07, 6.45) is -2.95. The molecular weight excluding hydrogens is 431 g/mol. The molecule has 0 aromatic carbocycles. The largest absolute Gasteiger partial charge is 0.469 e. The van der Waals surface area contributed by atoms with Gasteiger partial charge in [0.25, 0.3) is 0 Å². The Kier molecular flexibility index (Phi) is 6.52. The lowest BCUT2D eigenvalue weighted by molar-refractivity contribution is -0.116. The van der Waals surface area contributed by atoms with E-state index in [1.807, 2.05) is 0 Å². The number of amides is 1. The van der Waals surface area contributed by atoms with Gasteiger partial charge in [-0.1, -0.05) is 0 Å². The van der Waals surface area contributed by atoms with E-state index in [1.54, 1.807) is 0 Å². The van der Waals surface area contributed by atoms with Crippen molar-refractivity contribution < 1.29 is 38.6 Å². The molecule has 0 saturated carbocycles. The first-order valence-electron chi connectivity index (χ1n) is 8.19. The second-order valence-electron chi connectivity index (χ2n) is 6.16. The van der Waals surface area contributed by atoms with Crippen LogP contribution in [0.4, 0.5) is 5.82 Å². The number of carbonyl (C=O) groups is 1. The minimum absolute atomic E-state index is 0.0744. The van der Waals surface area contributed by atoms with Crippen molar-refractivity contribution in [3.05, 3.63) is 12.7 Å². The highest BCUT2D eigenvalue weighted by Crippen LogP contribution is 2.38. The number of hydrogen-bond acceptors (Lipinski definition) is 11. The Hall–Kier alpha value is -1.68. The molecule has 0 aliphatic carbocycles. The number of nitrogens with two attached hydrogens (primary N) is 1. The number of hydrogen-bond donors (Lipinski definition) is 7. The van der Waals surface area contributed by atoms with Crippen molar-refractivity contribution in [3.63, 3.8) is 0 Å². The maximum atomic E-state index is 12.0. The number of ether oxygens (including phenoxy) is 1. The maximum absolute atomic E-state index is 12.0. The Morgan fingerprint density at radius 3 is 2.76 bits per heavy atom. The molecule has 0 radical (unpaired) electrons. The predicted octanol–water partition coefficient (Wildman–Crippen LogP) is -2.25. The third-order valence-corrected chi connectivity index (χ3v) is 5.03. The molecule has 1 aliphatic rings. The molecule has 0 unspecified atom stereocenters. The number of aliphatic hydroxyl groups excluding tert-OH is 2. The average molecular weight is 450 g/mol. The van der Waals surface area contributed by atoms with Crippen LogP contribution in [0.15, 0.2) is 12.7 Å². The molecule has 160 valence electrons. The first-order valence-corrected chi connectivity index (χ1v) is 10.3. The Balaban J connectivity index is 1.84. The van der Waals surface area contributed by atoms with Gasteiger partial charge in [-0.15, -0.1) is 0 Å². The summed E-state index contributed by atoms with van der Waals surface area (Å²) in [5.74, 6) is -0.339. The number of nitrogens with zero attached hydrogens (tertiary/aromatic N) is 4. The zero-order valence-electron chi connectivity index (χ0n) is 14.6. The van der Waals surface area contributed by atoms with Crippen LogP contribution in [0, 0.1) is 0 Å². The average Bonchev–Trinajstić information content (AvgIpc) is 3.21. The van der Waals surface area contributed by atoms with Crippen molar-refractivity contribution in [2.24, 2.45) is 5.73 Å². The Labute approximate surface area is 168 Å². The SMILES string of the molecule is N[C@@H](CS)C(=O)Nc1ncnc2c1ncn2[C@@H]1O[C@H](COP(=O)(O)O)[C@@H](O)[C@H]1O. The molecule has 0 spiro atoms. The van der Waals surface area contributed by atoms with Crippen molar-refractivity contribution >= 4 is 43.3 Å². The first-order chi connectivity index (χ1) is 13.6. The van der Waals surface area contributed by atoms with Gasteiger partial charge in [-0.25, -0.2) is 19.5 Å². The number of fused-ring (bicyclic) bond motifs is 1. The number of carbonyl (C=O) groups excluding carboxylic acids is 1. The van der Waals surface area contributed by atoms with Crippen LogP contribution in [0.3, 0.4) is 0 Å². The fourth-order valence-corrected chi connectivity index (χ4v) is 3.20. The lowest BCUT2D eigenvalue weighted by Crippen LogP contribution is -2.37. The van der Waals surface area contributed by atoms with E-state index < -0.39 is 50.9 Å². The van der Waals surface area contributed by atoms with Gasteiger partial charge in [0.05, 0.1) is 19.0 Å². The number of phosphoric ester groups is 1. The fraction of sp³-hybridized carbons (Fsp3) is 0.538. The number of rotatable bonds is 7. The lowest BCUT2D eigenvalue weighted by atomic mass is 10.1. The maximum Gasteiger partial charge on any atom is 0.469 e. The Morgan fingerprint density at radius 2 is 2.10 bits per heavy atom. The summed E-state index contributed by atoms with van der Waals surface area (Å²) in [6.45, 7) is -0.649. The zero-order valence-corrected chi connectivity index (χ0v) is 16.4. The van der Waals surface area contributed by atoms with Gasteiger partial charge >= 0.3 is 7.82 Å². The van der Waals surface area contributed by atoms with E-state index >= 15 is 0 Å². The molecule has 2 aromatic rings. The van der Waals surface area contributed by atoms with E-state index in [2.05, 4.69) is 37.4 Å². The topological polar surface area (TPSA) is 215 Å². The van der Waals surface area contributed by atoms with Crippen molar-refractivity contribution in [2.45, 2.75) is 30.6 Å². The normalized spacial score (nSPS) is 26.0. The summed E-state index contributed by atoms with van der Waals surface area (Å²) in [4.78, 5) is 41.7. The van der Waals surface area contributed by atoms with Crippen molar-refractivity contribution in [3.8, 4) is 0 Å². The summed E-state index contributed by atoms with van der Waals surface area (Å²) in [7, 11) is -4.78. The molecule has 2 aromatic heterocycles. The van der Waals surface area contributed by atoms with Crippen LogP contribution < -0.4 is 11.1 Å². The van der Waals surface area contributed by atoms with E-state index in [0.29, 0.717) is 0 Å². The monoisotopic (exact) mass is 450 g/mol. The zero-order chi connectivity index (χ0) is 21.3. The smallest absolute Gasteiger partial charge is 0.387 e. The molecule has 3 heterocycles. The van der Waals surface area contributed by atoms with Crippen molar-refractivity contribution in [1.82, 2.24) is 19.5 Å². The second kappa shape index (κ2) is 8.59. The highest BCUT2D eigenvalue weighted by molar-refractivity contribution is 7.80. The standard InChI is InChI=1S/C13H19N6O8PS/c14-5(2-29)12(22)18-10-7-11(16-3-15-10)19(4-17-7)13-9(21)8(20)6(27-13)1-26-28(23,24)25/h3-6,8-9,13,20-21,29H,1-2,14H2,(H2,23,24,25)(H,15,16,18,22)/t5-,6+,8+,9+,13+/m0/s1. The second-order valence-corrected chi connectivity index (χ2v) is 7.76. The van der Waals surface area contributed by atoms with Crippen LogP contribution >= 0.6 is 20.5 Å². The summed E-state index contributed by atoms with van der Waals surface area (Å²) >= 11 is 3.95. The highest BCUT2D eigenvalue weighted by atomic mass is 32.1. The van der Waals surface area contributed by atoms with E-state index in [0.717, 1.165) is 6.33 Å². The van der Waals surface area contributed by atoms with Crippen molar-refractivity contribution in [1.29, 1.82) is 0 Å². The predicted molar refractivity (Wildman–Crippen MR) is 99.7 cm³/mol. The minimum atomic E-state index is -4.78. The van der Waals surface area contributed by atoms with Gasteiger partial charge in [0.15, 0.2) is 23.2 Å². The third-order valence-electron chi connectivity index (χ3n) is 4.15. The lowest BCUT2D eigenvalue weighted by Gasteiger charge is -2.16. The molecule has 1 aliphatic heterocycles. The van der Waals surface area contributed by atoms with Gasteiger partial charge in [-0.05, 0) is 0 Å². The quantitative estimate of drug-likeness (QED) is 0.176. The molecule has 1 fully saturated rings. The summed E-state index contributed by atoms with van der Waals surface area (Å²) < 4.78 is 22.0. The van der Waals surface area contributed by atoms with Crippen LogP contribution in [0.2, 0.25) is 0 Å². The van der Waals surface area contributed by atoms with Crippen LogP contribution in [0.5, 0.6) is 0 Å². The molecule has 3 rings (SSSR count). The van der Waals surface area contributed by atoms with Crippen LogP contribution in [0.1, 0.15) is 6.23 Å². The number of thiol groups is 1. The van der Waals surface area contributed by atoms with Crippen LogP contribution in [0.25, 0.3) is 11.2 Å². The van der Waals surface area contributed by atoms with Gasteiger partial charge in [0.2, 0.25) is 5.91 Å². The van der Waals surface area contributed by atoms with E-state index in [-0.39, 0.29) is 22.7 Å². The Morgan fingerprint density at radius 1 is 1.38 bits per heavy atom. The van der Waals surface area contributed by atoms with Crippen LogP contribution in [-0.4, -0.2) is 82.1 Å². The van der Waals surface area contributed by atoms with Gasteiger partial charge in [0.1, 0.15) is 24.6 Å². The molecule has 1 saturated heterocycles. The third kappa shape index (κ3) is 4.74. The molecular formula is C13H19N6O8PS. The molecule has 16 heteroatoms. The number of aliphatic hydroxyl groups is 2. The van der Waals surface area contributed by atoms with Gasteiger partial charge in [-0.2, -0.15) is 12.6 Å². The molecule has 0 bridgehead atoms. The summed E-state index contributed by atoms with van der Waals surface area (Å²) in [6, 6.07) is -0.865. The van der Waals surface area contributed by atoms with Crippen LogP contribution in [-0.2, 0) is 18.6 Å². The van der Waals surface area contributed by atoms with Crippen molar-refractivity contribution in [2.75, 3.05) is 17.7 Å². The van der Waals surface area contributed by atoms with E-state index in [4.69, 9.17) is 20.3 Å². The van der Waals surface area contributed by atoms with E-state index in [1.165, 1.54) is 10.9 Å². The van der Waals surface area contributed by atoms with E-state index in [9.17, 15) is 19.6 Å². The number of aromatic nitrogens is 4. The molecule has 14 nitrogen and oxygen atoms in total. The molecule has 7 N–H and O–H groups in total. The minimum Gasteiger partial charge on any atom is -0.387 e. The van der Waals surface area contributed by atoms with Gasteiger partial charge in [-0.3, -0.25) is 13.9 Å².